The zero-order valence-corrected chi connectivity index (χ0v) is 15.8. The fraction of sp³-hybridized carbons (Fsp3) is 0.238. The number of aromatic nitrogens is 2. The Morgan fingerprint density at radius 3 is 2.57 bits per heavy atom. The van der Waals surface area contributed by atoms with Gasteiger partial charge in [0.05, 0.1) is 22.8 Å². The molecule has 0 unspecified atom stereocenters. The molecule has 1 heterocycles. The monoisotopic (exact) mass is 378 g/mol. The lowest BCUT2D eigenvalue weighted by atomic mass is 10.1. The summed E-state index contributed by atoms with van der Waals surface area (Å²) in [6.07, 6.45) is 1.55. The topological polar surface area (TPSA) is 93.1 Å². The van der Waals surface area contributed by atoms with Crippen molar-refractivity contribution in [3.63, 3.8) is 0 Å². The molecule has 2 aromatic carbocycles. The number of benzene rings is 2. The highest BCUT2D eigenvalue weighted by molar-refractivity contribution is 6.03. The Labute approximate surface area is 162 Å². The molecular weight excluding hydrogens is 356 g/mol. The van der Waals surface area contributed by atoms with Crippen LogP contribution in [0.1, 0.15) is 24.2 Å². The van der Waals surface area contributed by atoms with Gasteiger partial charge in [0.1, 0.15) is 6.54 Å². The molecule has 0 spiro atoms. The quantitative estimate of drug-likeness (QED) is 0.689. The summed E-state index contributed by atoms with van der Waals surface area (Å²) in [5, 5.41) is 10.8. The van der Waals surface area contributed by atoms with Crippen molar-refractivity contribution in [1.29, 1.82) is 0 Å². The number of anilines is 1. The van der Waals surface area contributed by atoms with E-state index in [-0.39, 0.29) is 18.0 Å². The molecule has 7 heteroatoms. The summed E-state index contributed by atoms with van der Waals surface area (Å²) < 4.78 is 1.11. The Kier molecular flexibility index (Phi) is 5.84. The molecule has 0 atom stereocenters. The van der Waals surface area contributed by atoms with Crippen LogP contribution < -0.4 is 16.2 Å². The average molecular weight is 378 g/mol. The standard InChI is InChI=1S/C21H22N4O3/c1-14(2)11-22-20(27)17-9-5-6-10-18(17)24-19(26)13-25-21(28)16-8-4-3-7-15(16)12-23-25/h3-10,12,14H,11,13H2,1-2H3,(H,22,27)(H,24,26). The molecule has 3 rings (SSSR count). The van der Waals surface area contributed by atoms with Gasteiger partial charge in [0.25, 0.3) is 11.5 Å². The van der Waals surface area contributed by atoms with Gasteiger partial charge in [-0.15, -0.1) is 0 Å². The molecule has 0 saturated carbocycles. The first-order valence-electron chi connectivity index (χ1n) is 9.07. The zero-order valence-electron chi connectivity index (χ0n) is 15.8. The maximum absolute atomic E-state index is 12.5. The predicted molar refractivity (Wildman–Crippen MR) is 108 cm³/mol. The largest absolute Gasteiger partial charge is 0.352 e. The van der Waals surface area contributed by atoms with Gasteiger partial charge < -0.3 is 10.6 Å². The van der Waals surface area contributed by atoms with Crippen molar-refractivity contribution in [2.75, 3.05) is 11.9 Å². The molecule has 0 bridgehead atoms. The van der Waals surface area contributed by atoms with Crippen LogP contribution in [0.5, 0.6) is 0 Å². The van der Waals surface area contributed by atoms with Crippen LogP contribution in [-0.2, 0) is 11.3 Å². The minimum atomic E-state index is -0.436. The summed E-state index contributed by atoms with van der Waals surface area (Å²) >= 11 is 0. The van der Waals surface area contributed by atoms with Crippen LogP contribution in [0.2, 0.25) is 0 Å². The number of rotatable bonds is 6. The maximum atomic E-state index is 12.5. The van der Waals surface area contributed by atoms with E-state index in [4.69, 9.17) is 0 Å². The second-order valence-corrected chi connectivity index (χ2v) is 6.89. The lowest BCUT2D eigenvalue weighted by Gasteiger charge is -2.13. The van der Waals surface area contributed by atoms with Gasteiger partial charge in [0.2, 0.25) is 5.91 Å². The second-order valence-electron chi connectivity index (χ2n) is 6.89. The Balaban J connectivity index is 1.76. The SMILES string of the molecule is CC(C)CNC(=O)c1ccccc1NC(=O)Cn1ncc2ccccc2c1=O. The van der Waals surface area contributed by atoms with E-state index in [0.29, 0.717) is 29.1 Å². The fourth-order valence-corrected chi connectivity index (χ4v) is 2.75. The van der Waals surface area contributed by atoms with Crippen LogP contribution in [0.4, 0.5) is 5.69 Å². The Hall–Kier alpha value is -3.48. The highest BCUT2D eigenvalue weighted by Crippen LogP contribution is 2.15. The molecule has 1 aromatic heterocycles. The van der Waals surface area contributed by atoms with Gasteiger partial charge in [-0.3, -0.25) is 14.4 Å². The van der Waals surface area contributed by atoms with E-state index in [1.54, 1.807) is 48.7 Å². The van der Waals surface area contributed by atoms with Gasteiger partial charge >= 0.3 is 0 Å². The van der Waals surface area contributed by atoms with Gasteiger partial charge in [-0.2, -0.15) is 5.10 Å². The highest BCUT2D eigenvalue weighted by Gasteiger charge is 2.14. The molecule has 3 aromatic rings. The molecule has 28 heavy (non-hydrogen) atoms. The van der Waals surface area contributed by atoms with E-state index in [1.165, 1.54) is 0 Å². The molecule has 2 N–H and O–H groups in total. The molecule has 0 aliphatic carbocycles. The van der Waals surface area contributed by atoms with E-state index in [0.717, 1.165) is 10.1 Å². The van der Waals surface area contributed by atoms with Crippen molar-refractivity contribution in [1.82, 2.24) is 15.1 Å². The molecule has 2 amide bonds. The van der Waals surface area contributed by atoms with Crippen molar-refractivity contribution < 1.29 is 9.59 Å². The number of amides is 2. The third kappa shape index (κ3) is 4.43. The Bertz CT molecular complexity index is 1070. The number of carbonyl (C=O) groups excluding carboxylic acids is 2. The molecule has 0 radical (unpaired) electrons. The number of carbonyl (C=O) groups is 2. The minimum absolute atomic E-state index is 0.244. The molecule has 0 saturated heterocycles. The lowest BCUT2D eigenvalue weighted by molar-refractivity contribution is -0.117. The summed E-state index contributed by atoms with van der Waals surface area (Å²) in [6, 6.07) is 13.8. The van der Waals surface area contributed by atoms with Crippen molar-refractivity contribution in [3.05, 3.63) is 70.6 Å². The molecule has 144 valence electrons. The van der Waals surface area contributed by atoms with Crippen molar-refractivity contribution in [2.45, 2.75) is 20.4 Å². The van der Waals surface area contributed by atoms with Gasteiger partial charge in [-0.25, -0.2) is 4.68 Å². The van der Waals surface area contributed by atoms with E-state index in [1.807, 2.05) is 19.9 Å². The normalized spacial score (nSPS) is 10.8. The summed E-state index contributed by atoms with van der Waals surface area (Å²) in [6.45, 7) is 4.30. The second kappa shape index (κ2) is 8.47. The number of para-hydroxylation sites is 1. The number of nitrogens with zero attached hydrogens (tertiary/aromatic N) is 2. The van der Waals surface area contributed by atoms with Crippen LogP contribution >= 0.6 is 0 Å². The van der Waals surface area contributed by atoms with Crippen LogP contribution in [0.3, 0.4) is 0 Å². The third-order valence-corrected chi connectivity index (χ3v) is 4.17. The van der Waals surface area contributed by atoms with Crippen molar-refractivity contribution in [2.24, 2.45) is 5.92 Å². The fourth-order valence-electron chi connectivity index (χ4n) is 2.75. The third-order valence-electron chi connectivity index (χ3n) is 4.17. The molecular formula is C21H22N4O3. The van der Waals surface area contributed by atoms with Gasteiger partial charge in [-0.05, 0) is 24.1 Å². The van der Waals surface area contributed by atoms with E-state index in [2.05, 4.69) is 15.7 Å². The van der Waals surface area contributed by atoms with Gasteiger partial charge in [0.15, 0.2) is 0 Å². The first kappa shape index (κ1) is 19.3. The van der Waals surface area contributed by atoms with E-state index < -0.39 is 5.91 Å². The van der Waals surface area contributed by atoms with Crippen LogP contribution in [0.15, 0.2) is 59.5 Å². The first-order valence-corrected chi connectivity index (χ1v) is 9.07. The summed E-state index contributed by atoms with van der Waals surface area (Å²) in [5.74, 6) is -0.379. The van der Waals surface area contributed by atoms with E-state index in [9.17, 15) is 14.4 Å². The molecule has 0 aliphatic heterocycles. The highest BCUT2D eigenvalue weighted by atomic mass is 16.2. The van der Waals surface area contributed by atoms with Crippen LogP contribution in [0.25, 0.3) is 10.8 Å². The predicted octanol–water partition coefficient (Wildman–Crippen LogP) is 2.42. The Morgan fingerprint density at radius 2 is 1.79 bits per heavy atom. The van der Waals surface area contributed by atoms with Crippen molar-refractivity contribution in [3.8, 4) is 0 Å². The van der Waals surface area contributed by atoms with Crippen LogP contribution in [0, 0.1) is 5.92 Å². The van der Waals surface area contributed by atoms with E-state index >= 15 is 0 Å². The summed E-state index contributed by atoms with van der Waals surface area (Å²) in [5.41, 5.74) is 0.425. The Morgan fingerprint density at radius 1 is 1.07 bits per heavy atom. The van der Waals surface area contributed by atoms with Crippen molar-refractivity contribution >= 4 is 28.3 Å². The van der Waals surface area contributed by atoms with Gasteiger partial charge in [0, 0.05) is 11.9 Å². The smallest absolute Gasteiger partial charge is 0.275 e. The van der Waals surface area contributed by atoms with Crippen LogP contribution in [-0.4, -0.2) is 28.1 Å². The lowest BCUT2D eigenvalue weighted by Crippen LogP contribution is -2.31. The first-order chi connectivity index (χ1) is 13.5. The minimum Gasteiger partial charge on any atom is -0.352 e. The maximum Gasteiger partial charge on any atom is 0.275 e. The number of nitrogens with one attached hydrogen (secondary N) is 2. The average Bonchev–Trinajstić information content (AvgIpc) is 2.69. The number of hydrogen-bond acceptors (Lipinski definition) is 4. The molecule has 0 aliphatic rings. The summed E-state index contributed by atoms with van der Waals surface area (Å²) in [7, 11) is 0. The molecule has 7 nitrogen and oxygen atoms in total. The summed E-state index contributed by atoms with van der Waals surface area (Å²) in [4.78, 5) is 37.3. The number of hydrogen-bond donors (Lipinski definition) is 2. The number of fused-ring (bicyclic) bond motifs is 1. The molecule has 0 fully saturated rings. The van der Waals surface area contributed by atoms with Gasteiger partial charge in [-0.1, -0.05) is 44.2 Å². The zero-order chi connectivity index (χ0) is 20.1.